The van der Waals surface area contributed by atoms with E-state index in [4.69, 9.17) is 10.5 Å². The fourth-order valence-electron chi connectivity index (χ4n) is 2.15. The quantitative estimate of drug-likeness (QED) is 0.636. The molecular weight excluding hydrogens is 292 g/mol. The Balaban J connectivity index is 1.97. The van der Waals surface area contributed by atoms with Crippen LogP contribution < -0.4 is 15.8 Å². The first-order chi connectivity index (χ1) is 10.0. The van der Waals surface area contributed by atoms with Gasteiger partial charge in [0, 0.05) is 26.2 Å². The molecule has 1 aromatic carbocycles. The lowest BCUT2D eigenvalue weighted by molar-refractivity contribution is 0.0398. The number of benzene rings is 1. The van der Waals surface area contributed by atoms with Crippen molar-refractivity contribution in [2.24, 2.45) is 0 Å². The molecule has 8 heteroatoms. The molecule has 118 valence electrons. The summed E-state index contributed by atoms with van der Waals surface area (Å²) < 4.78 is 31.2. The number of nitrogen functional groups attached to an aromatic ring is 1. The third-order valence-corrected chi connectivity index (χ3v) is 4.86. The molecule has 21 heavy (non-hydrogen) atoms. The highest BCUT2D eigenvalue weighted by Crippen LogP contribution is 2.22. The molecular formula is C13H22N4O3S. The molecule has 0 radical (unpaired) electrons. The molecule has 2 rings (SSSR count). The molecule has 0 saturated carbocycles. The minimum atomic E-state index is -3.46. The van der Waals surface area contributed by atoms with Gasteiger partial charge in [0.15, 0.2) is 0 Å². The van der Waals surface area contributed by atoms with E-state index in [0.717, 1.165) is 32.8 Å². The van der Waals surface area contributed by atoms with Gasteiger partial charge in [-0.3, -0.25) is 4.90 Å². The van der Waals surface area contributed by atoms with Gasteiger partial charge in [-0.05, 0) is 25.2 Å². The van der Waals surface area contributed by atoms with Gasteiger partial charge in [-0.15, -0.1) is 0 Å². The number of hydrogen-bond acceptors (Lipinski definition) is 6. The highest BCUT2D eigenvalue weighted by atomic mass is 32.2. The first kappa shape index (κ1) is 16.0. The van der Waals surface area contributed by atoms with E-state index in [1.807, 2.05) is 0 Å². The van der Waals surface area contributed by atoms with Gasteiger partial charge < -0.3 is 15.8 Å². The van der Waals surface area contributed by atoms with Crippen molar-refractivity contribution >= 4 is 21.4 Å². The highest BCUT2D eigenvalue weighted by molar-refractivity contribution is 7.89. The van der Waals surface area contributed by atoms with Crippen molar-refractivity contribution in [1.82, 2.24) is 9.62 Å². The van der Waals surface area contributed by atoms with E-state index in [0.29, 0.717) is 17.9 Å². The SMILES string of the molecule is CNS(=O)(=O)c1ccc(N)c(NCCN2CCOCC2)c1. The van der Waals surface area contributed by atoms with Crippen LogP contribution >= 0.6 is 0 Å². The van der Waals surface area contributed by atoms with Crippen LogP contribution in [0.5, 0.6) is 0 Å². The molecule has 7 nitrogen and oxygen atoms in total. The molecule has 1 aliphatic heterocycles. The minimum Gasteiger partial charge on any atom is -0.397 e. The van der Waals surface area contributed by atoms with Gasteiger partial charge in [0.2, 0.25) is 10.0 Å². The van der Waals surface area contributed by atoms with Crippen molar-refractivity contribution in [3.63, 3.8) is 0 Å². The maximum absolute atomic E-state index is 11.8. The maximum Gasteiger partial charge on any atom is 0.240 e. The van der Waals surface area contributed by atoms with Crippen molar-refractivity contribution < 1.29 is 13.2 Å². The molecule has 4 N–H and O–H groups in total. The van der Waals surface area contributed by atoms with Crippen LogP contribution in [0.2, 0.25) is 0 Å². The molecule has 0 aliphatic carbocycles. The molecule has 1 heterocycles. The van der Waals surface area contributed by atoms with Gasteiger partial charge in [-0.1, -0.05) is 0 Å². The number of morpholine rings is 1. The average molecular weight is 314 g/mol. The summed E-state index contributed by atoms with van der Waals surface area (Å²) in [5.74, 6) is 0. The molecule has 0 bridgehead atoms. The van der Waals surface area contributed by atoms with E-state index < -0.39 is 10.0 Å². The standard InChI is InChI=1S/C13H22N4O3S/c1-15-21(18,19)11-2-3-12(14)13(10-11)16-4-5-17-6-8-20-9-7-17/h2-3,10,15-16H,4-9,14H2,1H3. The number of ether oxygens (including phenoxy) is 1. The lowest BCUT2D eigenvalue weighted by atomic mass is 10.2. The molecule has 0 amide bonds. The van der Waals surface area contributed by atoms with Crippen LogP contribution in [0.15, 0.2) is 23.1 Å². The monoisotopic (exact) mass is 314 g/mol. The Hall–Kier alpha value is -1.35. The summed E-state index contributed by atoms with van der Waals surface area (Å²) in [6.45, 7) is 4.94. The maximum atomic E-state index is 11.8. The Morgan fingerprint density at radius 1 is 1.33 bits per heavy atom. The second kappa shape index (κ2) is 7.08. The summed E-state index contributed by atoms with van der Waals surface area (Å²) in [5, 5.41) is 3.20. The van der Waals surface area contributed by atoms with Crippen LogP contribution in [0.1, 0.15) is 0 Å². The minimum absolute atomic E-state index is 0.202. The number of hydrogen-bond donors (Lipinski definition) is 3. The molecule has 0 spiro atoms. The first-order valence-corrected chi connectivity index (χ1v) is 8.38. The predicted octanol–water partition coefficient (Wildman–Crippen LogP) is -0.0790. The van der Waals surface area contributed by atoms with Crippen molar-refractivity contribution in [3.05, 3.63) is 18.2 Å². The normalized spacial score (nSPS) is 16.8. The summed E-state index contributed by atoms with van der Waals surface area (Å²) in [6, 6.07) is 4.65. The second-order valence-electron chi connectivity index (χ2n) is 4.84. The van der Waals surface area contributed by atoms with Crippen molar-refractivity contribution in [2.75, 3.05) is 57.5 Å². The number of rotatable bonds is 6. The van der Waals surface area contributed by atoms with Gasteiger partial charge in [-0.2, -0.15) is 0 Å². The number of nitrogens with zero attached hydrogens (tertiary/aromatic N) is 1. The van der Waals surface area contributed by atoms with Gasteiger partial charge >= 0.3 is 0 Å². The van der Waals surface area contributed by atoms with Crippen LogP contribution in [0.3, 0.4) is 0 Å². The van der Waals surface area contributed by atoms with Gasteiger partial charge in [0.05, 0.1) is 29.5 Å². The van der Waals surface area contributed by atoms with E-state index in [1.165, 1.54) is 13.1 Å². The molecule has 1 aliphatic rings. The van der Waals surface area contributed by atoms with Crippen LogP contribution in [-0.2, 0) is 14.8 Å². The number of anilines is 2. The summed E-state index contributed by atoms with van der Waals surface area (Å²) in [7, 11) is -2.07. The number of nitrogens with one attached hydrogen (secondary N) is 2. The molecule has 1 aromatic rings. The summed E-state index contributed by atoms with van der Waals surface area (Å²) >= 11 is 0. The van der Waals surface area contributed by atoms with Crippen LogP contribution in [0.25, 0.3) is 0 Å². The Morgan fingerprint density at radius 3 is 2.71 bits per heavy atom. The summed E-state index contributed by atoms with van der Waals surface area (Å²) in [6.07, 6.45) is 0. The largest absolute Gasteiger partial charge is 0.397 e. The van der Waals surface area contributed by atoms with E-state index in [2.05, 4.69) is 14.9 Å². The van der Waals surface area contributed by atoms with E-state index in [-0.39, 0.29) is 4.90 Å². The Kier molecular flexibility index (Phi) is 5.40. The van der Waals surface area contributed by atoms with Crippen molar-refractivity contribution in [2.45, 2.75) is 4.90 Å². The second-order valence-corrected chi connectivity index (χ2v) is 6.72. The van der Waals surface area contributed by atoms with E-state index in [9.17, 15) is 8.42 Å². The fourth-order valence-corrected chi connectivity index (χ4v) is 2.90. The van der Waals surface area contributed by atoms with Gasteiger partial charge in [0.1, 0.15) is 0 Å². The Morgan fingerprint density at radius 2 is 2.05 bits per heavy atom. The van der Waals surface area contributed by atoms with Crippen molar-refractivity contribution in [1.29, 1.82) is 0 Å². The van der Waals surface area contributed by atoms with Gasteiger partial charge in [0.25, 0.3) is 0 Å². The van der Waals surface area contributed by atoms with Crippen LogP contribution in [-0.4, -0.2) is 59.8 Å². The number of nitrogens with two attached hydrogens (primary N) is 1. The summed E-state index contributed by atoms with van der Waals surface area (Å²) in [4.78, 5) is 2.49. The lowest BCUT2D eigenvalue weighted by Crippen LogP contribution is -2.39. The van der Waals surface area contributed by atoms with Crippen molar-refractivity contribution in [3.8, 4) is 0 Å². The zero-order chi connectivity index (χ0) is 15.3. The lowest BCUT2D eigenvalue weighted by Gasteiger charge is -2.26. The fraction of sp³-hybridized carbons (Fsp3) is 0.538. The first-order valence-electron chi connectivity index (χ1n) is 6.90. The zero-order valence-electron chi connectivity index (χ0n) is 12.1. The Labute approximate surface area is 125 Å². The number of sulfonamides is 1. The van der Waals surface area contributed by atoms with Gasteiger partial charge in [-0.25, -0.2) is 13.1 Å². The molecule has 1 saturated heterocycles. The third-order valence-electron chi connectivity index (χ3n) is 3.45. The third kappa shape index (κ3) is 4.31. The predicted molar refractivity (Wildman–Crippen MR) is 82.8 cm³/mol. The molecule has 0 unspecified atom stereocenters. The zero-order valence-corrected chi connectivity index (χ0v) is 12.9. The molecule has 1 fully saturated rings. The smallest absolute Gasteiger partial charge is 0.240 e. The molecule has 0 aromatic heterocycles. The summed E-state index contributed by atoms with van der Waals surface area (Å²) in [5.41, 5.74) is 7.05. The highest BCUT2D eigenvalue weighted by Gasteiger charge is 2.14. The van der Waals surface area contributed by atoms with Crippen LogP contribution in [0.4, 0.5) is 11.4 Å². The molecule has 0 atom stereocenters. The van der Waals surface area contributed by atoms with E-state index in [1.54, 1.807) is 12.1 Å². The van der Waals surface area contributed by atoms with Crippen LogP contribution in [0, 0.1) is 0 Å². The topological polar surface area (TPSA) is 96.7 Å². The van der Waals surface area contributed by atoms with E-state index >= 15 is 0 Å². The Bertz CT molecular complexity index is 571. The average Bonchev–Trinajstić information content (AvgIpc) is 2.50.